The van der Waals surface area contributed by atoms with Gasteiger partial charge in [-0.2, -0.15) is 0 Å². The maximum Gasteiger partial charge on any atom is 0.191 e. The van der Waals surface area contributed by atoms with Gasteiger partial charge < -0.3 is 10.6 Å². The average Bonchev–Trinajstić information content (AvgIpc) is 2.65. The summed E-state index contributed by atoms with van der Waals surface area (Å²) in [5.74, 6) is 1.59. The van der Waals surface area contributed by atoms with E-state index in [-0.39, 0.29) is 29.4 Å². The number of halogens is 1. The van der Waals surface area contributed by atoms with Gasteiger partial charge in [0.1, 0.15) is 0 Å². The Morgan fingerprint density at radius 1 is 1.30 bits per heavy atom. The summed E-state index contributed by atoms with van der Waals surface area (Å²) >= 11 is 0. The van der Waals surface area contributed by atoms with E-state index in [9.17, 15) is 0 Å². The highest BCUT2D eigenvalue weighted by molar-refractivity contribution is 14.0. The Hall–Kier alpha value is -0.0400. The van der Waals surface area contributed by atoms with Gasteiger partial charge in [0.2, 0.25) is 0 Å². The third-order valence-corrected chi connectivity index (χ3v) is 3.70. The van der Waals surface area contributed by atoms with Crippen LogP contribution in [0.4, 0.5) is 0 Å². The van der Waals surface area contributed by atoms with Gasteiger partial charge in [-0.25, -0.2) is 0 Å². The van der Waals surface area contributed by atoms with Crippen molar-refractivity contribution in [2.24, 2.45) is 16.3 Å². The highest BCUT2D eigenvalue weighted by atomic mass is 127. The molecule has 20 heavy (non-hydrogen) atoms. The number of hydrogen-bond donors (Lipinski definition) is 2. The van der Waals surface area contributed by atoms with Gasteiger partial charge in [0.05, 0.1) is 0 Å². The highest BCUT2D eigenvalue weighted by Gasteiger charge is 2.31. The minimum Gasteiger partial charge on any atom is -0.356 e. The fourth-order valence-electron chi connectivity index (χ4n) is 2.33. The summed E-state index contributed by atoms with van der Waals surface area (Å²) in [5, 5.41) is 6.99. The smallest absolute Gasteiger partial charge is 0.191 e. The molecule has 1 saturated heterocycles. The molecule has 2 atom stereocenters. The van der Waals surface area contributed by atoms with E-state index in [2.05, 4.69) is 62.1 Å². The molecular weight excluding hydrogens is 363 g/mol. The molecule has 0 aromatic heterocycles. The van der Waals surface area contributed by atoms with E-state index in [1.54, 1.807) is 0 Å². The van der Waals surface area contributed by atoms with E-state index < -0.39 is 0 Å². The Balaban J connectivity index is 0.00000361. The van der Waals surface area contributed by atoms with Crippen LogP contribution in [0.15, 0.2) is 4.99 Å². The quantitative estimate of drug-likeness (QED) is 0.438. The maximum absolute atomic E-state index is 4.33. The first-order valence-corrected chi connectivity index (χ1v) is 7.44. The molecule has 0 aliphatic carbocycles. The van der Waals surface area contributed by atoms with Crippen molar-refractivity contribution in [3.8, 4) is 0 Å². The van der Waals surface area contributed by atoms with Gasteiger partial charge in [-0.05, 0) is 25.2 Å². The van der Waals surface area contributed by atoms with E-state index in [0.29, 0.717) is 18.0 Å². The summed E-state index contributed by atoms with van der Waals surface area (Å²) in [6, 6.07) is 1.12. The molecule has 4 nitrogen and oxygen atoms in total. The molecule has 2 unspecified atom stereocenters. The molecule has 0 bridgehead atoms. The SMILES string of the molecule is CN=C(NCC(C)(C)C)NC1CN(C(C)C)CC1C.I. The molecule has 0 spiro atoms. The number of hydrogen-bond acceptors (Lipinski definition) is 2. The van der Waals surface area contributed by atoms with Crippen molar-refractivity contribution in [3.05, 3.63) is 0 Å². The predicted molar refractivity (Wildman–Crippen MR) is 99.0 cm³/mol. The lowest BCUT2D eigenvalue weighted by Gasteiger charge is -2.24. The molecule has 5 heteroatoms. The Morgan fingerprint density at radius 3 is 2.30 bits per heavy atom. The third kappa shape index (κ3) is 6.61. The summed E-state index contributed by atoms with van der Waals surface area (Å²) in [4.78, 5) is 6.86. The van der Waals surface area contributed by atoms with E-state index >= 15 is 0 Å². The van der Waals surface area contributed by atoms with Crippen LogP contribution >= 0.6 is 24.0 Å². The molecule has 0 saturated carbocycles. The largest absolute Gasteiger partial charge is 0.356 e. The van der Waals surface area contributed by atoms with Crippen LogP contribution in [0.5, 0.6) is 0 Å². The normalized spacial score (nSPS) is 24.7. The van der Waals surface area contributed by atoms with E-state index in [0.717, 1.165) is 19.0 Å². The van der Waals surface area contributed by atoms with Crippen molar-refractivity contribution in [2.75, 3.05) is 26.7 Å². The van der Waals surface area contributed by atoms with Gasteiger partial charge in [0, 0.05) is 38.8 Å². The Bertz CT molecular complexity index is 309. The Kier molecular flexibility index (Phi) is 8.40. The lowest BCUT2D eigenvalue weighted by atomic mass is 9.97. The van der Waals surface area contributed by atoms with Crippen LogP contribution in [-0.2, 0) is 0 Å². The molecule has 1 heterocycles. The second kappa shape index (κ2) is 8.41. The second-order valence-electron chi connectivity index (χ2n) is 7.26. The van der Waals surface area contributed by atoms with E-state index in [4.69, 9.17) is 0 Å². The van der Waals surface area contributed by atoms with Gasteiger partial charge in [-0.3, -0.25) is 9.89 Å². The van der Waals surface area contributed by atoms with Gasteiger partial charge in [0.25, 0.3) is 0 Å². The molecule has 0 aromatic rings. The van der Waals surface area contributed by atoms with Crippen LogP contribution in [-0.4, -0.2) is 49.6 Å². The topological polar surface area (TPSA) is 39.7 Å². The Labute approximate surface area is 142 Å². The lowest BCUT2D eigenvalue weighted by molar-refractivity contribution is 0.265. The van der Waals surface area contributed by atoms with Crippen molar-refractivity contribution >= 4 is 29.9 Å². The first kappa shape index (κ1) is 20.0. The zero-order valence-electron chi connectivity index (χ0n) is 14.2. The van der Waals surface area contributed by atoms with Gasteiger partial charge in [0.15, 0.2) is 5.96 Å². The van der Waals surface area contributed by atoms with Crippen LogP contribution in [0.1, 0.15) is 41.5 Å². The van der Waals surface area contributed by atoms with Crippen LogP contribution in [0.3, 0.4) is 0 Å². The summed E-state index contributed by atoms with van der Waals surface area (Å²) in [6.07, 6.45) is 0. The number of nitrogens with one attached hydrogen (secondary N) is 2. The van der Waals surface area contributed by atoms with Crippen molar-refractivity contribution in [2.45, 2.75) is 53.6 Å². The van der Waals surface area contributed by atoms with E-state index in [1.165, 1.54) is 6.54 Å². The first-order chi connectivity index (χ1) is 8.73. The predicted octanol–water partition coefficient (Wildman–Crippen LogP) is 2.54. The minimum absolute atomic E-state index is 0. The molecule has 1 aliphatic rings. The molecule has 120 valence electrons. The summed E-state index contributed by atoms with van der Waals surface area (Å²) in [6.45, 7) is 16.7. The molecule has 1 aliphatic heterocycles. The average molecular weight is 396 g/mol. The van der Waals surface area contributed by atoms with E-state index in [1.807, 2.05) is 7.05 Å². The van der Waals surface area contributed by atoms with Gasteiger partial charge in [-0.15, -0.1) is 24.0 Å². The van der Waals surface area contributed by atoms with Crippen LogP contribution < -0.4 is 10.6 Å². The van der Waals surface area contributed by atoms with Crippen molar-refractivity contribution < 1.29 is 0 Å². The van der Waals surface area contributed by atoms with Crippen LogP contribution in [0.2, 0.25) is 0 Å². The monoisotopic (exact) mass is 396 g/mol. The van der Waals surface area contributed by atoms with Crippen molar-refractivity contribution in [1.29, 1.82) is 0 Å². The minimum atomic E-state index is 0. The summed E-state index contributed by atoms with van der Waals surface area (Å²) in [5.41, 5.74) is 0.267. The number of likely N-dealkylation sites (tertiary alicyclic amines) is 1. The van der Waals surface area contributed by atoms with Crippen molar-refractivity contribution in [1.82, 2.24) is 15.5 Å². The molecule has 0 aromatic carbocycles. The van der Waals surface area contributed by atoms with Crippen LogP contribution in [0.25, 0.3) is 0 Å². The Morgan fingerprint density at radius 2 is 1.90 bits per heavy atom. The number of aliphatic imine (C=N–C) groups is 1. The molecule has 1 rings (SSSR count). The first-order valence-electron chi connectivity index (χ1n) is 7.44. The zero-order chi connectivity index (χ0) is 14.6. The molecular formula is C15H33IN4. The maximum atomic E-state index is 4.33. The number of guanidine groups is 1. The van der Waals surface area contributed by atoms with Gasteiger partial charge >= 0.3 is 0 Å². The van der Waals surface area contributed by atoms with Crippen molar-refractivity contribution in [3.63, 3.8) is 0 Å². The fourth-order valence-corrected chi connectivity index (χ4v) is 2.33. The third-order valence-electron chi connectivity index (χ3n) is 3.70. The summed E-state index contributed by atoms with van der Waals surface area (Å²) < 4.78 is 0. The summed E-state index contributed by atoms with van der Waals surface area (Å²) in [7, 11) is 1.85. The molecule has 0 radical (unpaired) electrons. The molecule has 1 fully saturated rings. The van der Waals surface area contributed by atoms with Crippen LogP contribution in [0, 0.1) is 11.3 Å². The number of rotatable bonds is 3. The zero-order valence-corrected chi connectivity index (χ0v) is 16.5. The van der Waals surface area contributed by atoms with Gasteiger partial charge in [-0.1, -0.05) is 27.7 Å². The lowest BCUT2D eigenvalue weighted by Crippen LogP contribution is -2.48. The number of nitrogens with zero attached hydrogens (tertiary/aromatic N) is 2. The standard InChI is InChI=1S/C15H32N4.HI/c1-11(2)19-8-12(3)13(9-19)18-14(16-7)17-10-15(4,5)6;/h11-13H,8-10H2,1-7H3,(H2,16,17,18);1H. The molecule has 0 amide bonds. The highest BCUT2D eigenvalue weighted by Crippen LogP contribution is 2.18. The second-order valence-corrected chi connectivity index (χ2v) is 7.26. The molecule has 2 N–H and O–H groups in total. The fraction of sp³-hybridized carbons (Fsp3) is 0.933.